The number of urea groups is 1. The van der Waals surface area contributed by atoms with E-state index in [4.69, 9.17) is 0 Å². The van der Waals surface area contributed by atoms with E-state index in [9.17, 15) is 14.4 Å². The van der Waals surface area contributed by atoms with Crippen LogP contribution in [0.3, 0.4) is 0 Å². The molecule has 1 aromatic heterocycles. The molecule has 2 saturated heterocycles. The molecule has 4 rings (SSSR count). The summed E-state index contributed by atoms with van der Waals surface area (Å²) in [7, 11) is 0. The number of benzene rings is 1. The van der Waals surface area contributed by atoms with Gasteiger partial charge in [-0.05, 0) is 31.9 Å². The molecule has 2 aliphatic heterocycles. The zero-order chi connectivity index (χ0) is 17.6. The van der Waals surface area contributed by atoms with Gasteiger partial charge in [0.05, 0.1) is 17.4 Å². The lowest BCUT2D eigenvalue weighted by molar-refractivity contribution is -0.138. The minimum absolute atomic E-state index is 0.0114. The summed E-state index contributed by atoms with van der Waals surface area (Å²) in [4.78, 5) is 42.4. The summed E-state index contributed by atoms with van der Waals surface area (Å²) < 4.78 is 1.87. The molecule has 0 bridgehead atoms. The summed E-state index contributed by atoms with van der Waals surface area (Å²) in [5.41, 5.74) is 0.906. The number of hydrogen-bond acceptors (Lipinski definition) is 4. The van der Waals surface area contributed by atoms with Gasteiger partial charge in [0.15, 0.2) is 0 Å². The maximum Gasteiger partial charge on any atom is 0.322 e. The monoisotopic (exact) mass is 341 g/mol. The summed E-state index contributed by atoms with van der Waals surface area (Å²) >= 11 is 0. The minimum Gasteiger partial charge on any atom is -0.341 e. The highest BCUT2D eigenvalue weighted by atomic mass is 16.2. The first-order valence-electron chi connectivity index (χ1n) is 8.34. The fraction of sp³-hybridized carbons (Fsp3) is 0.412. The van der Waals surface area contributed by atoms with Crippen LogP contribution in [-0.2, 0) is 9.59 Å². The largest absolute Gasteiger partial charge is 0.341 e. The second-order valence-electron chi connectivity index (χ2n) is 6.63. The van der Waals surface area contributed by atoms with E-state index in [0.717, 1.165) is 11.0 Å². The lowest BCUT2D eigenvalue weighted by atomic mass is 9.87. The number of nitrogens with zero attached hydrogens (tertiary/aromatic N) is 3. The lowest BCUT2D eigenvalue weighted by Crippen LogP contribution is -2.56. The number of hydrogen-bond donors (Lipinski definition) is 2. The summed E-state index contributed by atoms with van der Waals surface area (Å²) in [5.74, 6) is -0.305. The van der Waals surface area contributed by atoms with Gasteiger partial charge in [-0.1, -0.05) is 12.1 Å². The van der Waals surface area contributed by atoms with Gasteiger partial charge < -0.3 is 14.8 Å². The van der Waals surface area contributed by atoms with Gasteiger partial charge in [-0.15, -0.1) is 0 Å². The molecular weight excluding hydrogens is 322 g/mol. The number of aromatic nitrogens is 2. The van der Waals surface area contributed by atoms with Crippen LogP contribution in [0.25, 0.3) is 11.0 Å². The second kappa shape index (κ2) is 5.58. The molecule has 8 heteroatoms. The highest BCUT2D eigenvalue weighted by Gasteiger charge is 2.48. The molecule has 2 N–H and O–H groups in total. The molecule has 2 aromatic rings. The molecule has 1 spiro atoms. The zero-order valence-electron chi connectivity index (χ0n) is 13.9. The van der Waals surface area contributed by atoms with Crippen LogP contribution in [0.4, 0.5) is 4.79 Å². The molecule has 1 unspecified atom stereocenters. The number of fused-ring (bicyclic) bond motifs is 1. The molecular formula is C17H19N5O3. The molecule has 8 nitrogen and oxygen atoms in total. The predicted molar refractivity (Wildman–Crippen MR) is 89.7 cm³/mol. The topological polar surface area (TPSA) is 96.3 Å². The summed E-state index contributed by atoms with van der Waals surface area (Å²) in [6.07, 6.45) is 2.53. The third kappa shape index (κ3) is 2.45. The number of imide groups is 1. The SMILES string of the molecule is CC(C(=O)N1CCC2(CC1)NC(=O)NC2=O)n1cnc2ccccc21. The fourth-order valence-corrected chi connectivity index (χ4v) is 3.66. The molecule has 0 radical (unpaired) electrons. The van der Waals surface area contributed by atoms with Crippen molar-refractivity contribution in [2.45, 2.75) is 31.3 Å². The smallest absolute Gasteiger partial charge is 0.322 e. The van der Waals surface area contributed by atoms with Gasteiger partial charge in [-0.3, -0.25) is 14.9 Å². The molecule has 2 aliphatic rings. The van der Waals surface area contributed by atoms with Crippen molar-refractivity contribution >= 4 is 28.9 Å². The number of nitrogens with one attached hydrogen (secondary N) is 2. The van der Waals surface area contributed by atoms with Crippen LogP contribution in [0.15, 0.2) is 30.6 Å². The van der Waals surface area contributed by atoms with Crippen molar-refractivity contribution in [3.63, 3.8) is 0 Å². The van der Waals surface area contributed by atoms with Crippen LogP contribution >= 0.6 is 0 Å². The average Bonchev–Trinajstić information content (AvgIpc) is 3.15. The van der Waals surface area contributed by atoms with Crippen molar-refractivity contribution in [3.8, 4) is 0 Å². The van der Waals surface area contributed by atoms with Gasteiger partial charge in [0.1, 0.15) is 11.6 Å². The number of likely N-dealkylation sites (tertiary alicyclic amines) is 1. The maximum absolute atomic E-state index is 12.9. The normalized spacial score (nSPS) is 20.6. The maximum atomic E-state index is 12.9. The first-order valence-corrected chi connectivity index (χ1v) is 8.34. The minimum atomic E-state index is -0.862. The molecule has 1 atom stereocenters. The molecule has 0 aliphatic carbocycles. The standard InChI is InChI=1S/C17H19N5O3/c1-11(22-10-18-12-4-2-3-5-13(12)22)14(23)21-8-6-17(7-9-21)15(24)19-16(25)20-17/h2-5,10-11H,6-9H2,1H3,(H2,19,20,24,25). The first kappa shape index (κ1) is 15.6. The van der Waals surface area contributed by atoms with Crippen LogP contribution < -0.4 is 10.6 Å². The van der Waals surface area contributed by atoms with Crippen molar-refractivity contribution in [2.75, 3.05) is 13.1 Å². The molecule has 4 amide bonds. The number of para-hydroxylation sites is 2. The summed E-state index contributed by atoms with van der Waals surface area (Å²) in [6.45, 7) is 2.72. The Morgan fingerprint density at radius 2 is 1.96 bits per heavy atom. The third-order valence-electron chi connectivity index (χ3n) is 5.20. The molecule has 3 heterocycles. The quantitative estimate of drug-likeness (QED) is 0.790. The number of carbonyl (C=O) groups is 3. The van der Waals surface area contributed by atoms with Crippen molar-refractivity contribution < 1.29 is 14.4 Å². The van der Waals surface area contributed by atoms with E-state index in [1.807, 2.05) is 35.8 Å². The van der Waals surface area contributed by atoms with Crippen molar-refractivity contribution in [1.29, 1.82) is 0 Å². The fourth-order valence-electron chi connectivity index (χ4n) is 3.66. The molecule has 130 valence electrons. The van der Waals surface area contributed by atoms with Crippen LogP contribution in [0, 0.1) is 0 Å². The average molecular weight is 341 g/mol. The Hall–Kier alpha value is -2.90. The predicted octanol–water partition coefficient (Wildman–Crippen LogP) is 0.798. The first-order chi connectivity index (χ1) is 12.0. The Morgan fingerprint density at radius 3 is 2.64 bits per heavy atom. The van der Waals surface area contributed by atoms with Crippen molar-refractivity contribution in [3.05, 3.63) is 30.6 Å². The number of imidazole rings is 1. The molecule has 1 aromatic carbocycles. The third-order valence-corrected chi connectivity index (χ3v) is 5.20. The Kier molecular flexibility index (Phi) is 3.48. The van der Waals surface area contributed by atoms with Crippen LogP contribution in [-0.4, -0.2) is 50.9 Å². The van der Waals surface area contributed by atoms with E-state index >= 15 is 0 Å². The van der Waals surface area contributed by atoms with E-state index in [2.05, 4.69) is 15.6 Å². The number of amides is 4. The summed E-state index contributed by atoms with van der Waals surface area (Å²) in [6, 6.07) is 6.85. The van der Waals surface area contributed by atoms with E-state index in [-0.39, 0.29) is 17.9 Å². The molecule has 0 saturated carbocycles. The second-order valence-corrected chi connectivity index (χ2v) is 6.63. The van der Waals surface area contributed by atoms with Gasteiger partial charge in [0.25, 0.3) is 5.91 Å². The number of piperidine rings is 1. The number of rotatable bonds is 2. The van der Waals surface area contributed by atoms with Crippen LogP contribution in [0.5, 0.6) is 0 Å². The zero-order valence-corrected chi connectivity index (χ0v) is 13.9. The van der Waals surface area contributed by atoms with Gasteiger partial charge in [-0.25, -0.2) is 9.78 Å². The van der Waals surface area contributed by atoms with E-state index in [0.29, 0.717) is 25.9 Å². The van der Waals surface area contributed by atoms with E-state index in [1.54, 1.807) is 11.2 Å². The Labute approximate surface area is 144 Å². The lowest BCUT2D eigenvalue weighted by Gasteiger charge is -2.38. The van der Waals surface area contributed by atoms with Gasteiger partial charge in [0.2, 0.25) is 5.91 Å². The Morgan fingerprint density at radius 1 is 1.24 bits per heavy atom. The van der Waals surface area contributed by atoms with Crippen molar-refractivity contribution in [1.82, 2.24) is 25.1 Å². The molecule has 25 heavy (non-hydrogen) atoms. The Bertz CT molecular complexity index is 866. The number of carbonyl (C=O) groups excluding carboxylic acids is 3. The van der Waals surface area contributed by atoms with Crippen LogP contribution in [0.2, 0.25) is 0 Å². The van der Waals surface area contributed by atoms with Gasteiger partial charge >= 0.3 is 6.03 Å². The Balaban J connectivity index is 1.49. The van der Waals surface area contributed by atoms with Gasteiger partial charge in [0, 0.05) is 13.1 Å². The van der Waals surface area contributed by atoms with E-state index in [1.165, 1.54) is 0 Å². The van der Waals surface area contributed by atoms with E-state index < -0.39 is 11.6 Å². The highest BCUT2D eigenvalue weighted by Crippen LogP contribution is 2.27. The molecule has 2 fully saturated rings. The van der Waals surface area contributed by atoms with Crippen LogP contribution in [0.1, 0.15) is 25.8 Å². The van der Waals surface area contributed by atoms with Gasteiger partial charge in [-0.2, -0.15) is 0 Å². The van der Waals surface area contributed by atoms with Crippen molar-refractivity contribution in [2.24, 2.45) is 0 Å². The highest BCUT2D eigenvalue weighted by molar-refractivity contribution is 6.07. The summed E-state index contributed by atoms with van der Waals surface area (Å²) in [5, 5.41) is 4.99.